The standard InChI is InChI=1S/C16H21NOS/c1-14(9-10-15-6-5-12-18-15)17-11-13-19-16-7-3-2-4-8-16/h2-8,12,14,17H,9-11,13H2,1H3. The third kappa shape index (κ3) is 5.53. The van der Waals surface area contributed by atoms with Crippen LogP contribution in [0.4, 0.5) is 0 Å². The normalized spacial score (nSPS) is 12.5. The van der Waals surface area contributed by atoms with Crippen LogP contribution in [-0.4, -0.2) is 18.3 Å². The largest absolute Gasteiger partial charge is 0.469 e. The van der Waals surface area contributed by atoms with Gasteiger partial charge in [0.1, 0.15) is 5.76 Å². The van der Waals surface area contributed by atoms with Gasteiger partial charge in [-0.25, -0.2) is 0 Å². The van der Waals surface area contributed by atoms with Gasteiger partial charge in [0.25, 0.3) is 0 Å². The van der Waals surface area contributed by atoms with Gasteiger partial charge in [-0.2, -0.15) is 0 Å². The Labute approximate surface area is 119 Å². The smallest absolute Gasteiger partial charge is 0.103 e. The zero-order valence-electron chi connectivity index (χ0n) is 11.3. The molecule has 0 fully saturated rings. The molecule has 2 nitrogen and oxygen atoms in total. The second-order valence-corrected chi connectivity index (χ2v) is 5.80. The van der Waals surface area contributed by atoms with Gasteiger partial charge in [0.2, 0.25) is 0 Å². The molecule has 1 N–H and O–H groups in total. The minimum absolute atomic E-state index is 0.529. The lowest BCUT2D eigenvalue weighted by Crippen LogP contribution is -2.28. The Hall–Kier alpha value is -1.19. The Morgan fingerprint density at radius 2 is 2.00 bits per heavy atom. The number of rotatable bonds is 8. The maximum absolute atomic E-state index is 5.34. The molecule has 19 heavy (non-hydrogen) atoms. The fraction of sp³-hybridized carbons (Fsp3) is 0.375. The zero-order chi connectivity index (χ0) is 13.3. The molecule has 3 heteroatoms. The highest BCUT2D eigenvalue weighted by atomic mass is 32.2. The molecule has 0 saturated carbocycles. The monoisotopic (exact) mass is 275 g/mol. The maximum atomic E-state index is 5.34. The first-order chi connectivity index (χ1) is 9.34. The van der Waals surface area contributed by atoms with Crippen molar-refractivity contribution in [3.63, 3.8) is 0 Å². The van der Waals surface area contributed by atoms with Crippen molar-refractivity contribution in [2.75, 3.05) is 12.3 Å². The highest BCUT2D eigenvalue weighted by Crippen LogP contribution is 2.15. The molecule has 0 aliphatic heterocycles. The van der Waals surface area contributed by atoms with Crippen LogP contribution in [0.5, 0.6) is 0 Å². The first-order valence-corrected chi connectivity index (χ1v) is 7.77. The quantitative estimate of drug-likeness (QED) is 0.582. The summed E-state index contributed by atoms with van der Waals surface area (Å²) in [5, 5.41) is 3.55. The summed E-state index contributed by atoms with van der Waals surface area (Å²) in [6.07, 6.45) is 3.86. The molecule has 1 unspecified atom stereocenters. The zero-order valence-corrected chi connectivity index (χ0v) is 12.2. The second-order valence-electron chi connectivity index (χ2n) is 4.63. The van der Waals surface area contributed by atoms with Crippen LogP contribution >= 0.6 is 11.8 Å². The van der Waals surface area contributed by atoms with E-state index in [2.05, 4.69) is 42.6 Å². The fourth-order valence-corrected chi connectivity index (χ4v) is 2.71. The van der Waals surface area contributed by atoms with E-state index in [9.17, 15) is 0 Å². The summed E-state index contributed by atoms with van der Waals surface area (Å²) in [7, 11) is 0. The van der Waals surface area contributed by atoms with Crippen molar-refractivity contribution in [2.45, 2.75) is 30.7 Å². The minimum Gasteiger partial charge on any atom is -0.469 e. The molecule has 0 spiro atoms. The van der Waals surface area contributed by atoms with Crippen LogP contribution in [0.1, 0.15) is 19.1 Å². The SMILES string of the molecule is CC(CCc1ccco1)NCCSc1ccccc1. The van der Waals surface area contributed by atoms with Crippen molar-refractivity contribution < 1.29 is 4.42 Å². The van der Waals surface area contributed by atoms with Crippen LogP contribution in [-0.2, 0) is 6.42 Å². The van der Waals surface area contributed by atoms with Crippen molar-refractivity contribution in [1.29, 1.82) is 0 Å². The Kier molecular flexibility index (Phi) is 6.05. The van der Waals surface area contributed by atoms with E-state index in [0.717, 1.165) is 30.9 Å². The molecule has 0 saturated heterocycles. The van der Waals surface area contributed by atoms with E-state index in [-0.39, 0.29) is 0 Å². The van der Waals surface area contributed by atoms with E-state index in [4.69, 9.17) is 4.42 Å². The van der Waals surface area contributed by atoms with Crippen LogP contribution in [0.3, 0.4) is 0 Å². The van der Waals surface area contributed by atoms with E-state index in [1.54, 1.807) is 6.26 Å². The van der Waals surface area contributed by atoms with Crippen LogP contribution < -0.4 is 5.32 Å². The van der Waals surface area contributed by atoms with Crippen molar-refractivity contribution in [3.8, 4) is 0 Å². The summed E-state index contributed by atoms with van der Waals surface area (Å²) in [5.74, 6) is 2.18. The van der Waals surface area contributed by atoms with Gasteiger partial charge in [-0.3, -0.25) is 0 Å². The Morgan fingerprint density at radius 3 is 2.74 bits per heavy atom. The minimum atomic E-state index is 0.529. The van der Waals surface area contributed by atoms with Crippen molar-refractivity contribution >= 4 is 11.8 Å². The van der Waals surface area contributed by atoms with E-state index in [1.807, 2.05) is 23.9 Å². The number of hydrogen-bond donors (Lipinski definition) is 1. The average molecular weight is 275 g/mol. The maximum Gasteiger partial charge on any atom is 0.103 e. The number of aryl methyl sites for hydroxylation is 1. The molecule has 1 aromatic carbocycles. The van der Waals surface area contributed by atoms with Crippen LogP contribution in [0.25, 0.3) is 0 Å². The van der Waals surface area contributed by atoms with E-state index >= 15 is 0 Å². The molecule has 102 valence electrons. The van der Waals surface area contributed by atoms with E-state index < -0.39 is 0 Å². The van der Waals surface area contributed by atoms with Crippen molar-refractivity contribution in [1.82, 2.24) is 5.32 Å². The Bertz CT molecular complexity index is 441. The van der Waals surface area contributed by atoms with Crippen LogP contribution in [0.2, 0.25) is 0 Å². The number of nitrogens with one attached hydrogen (secondary N) is 1. The summed E-state index contributed by atoms with van der Waals surface area (Å²) in [6.45, 7) is 3.27. The first kappa shape index (κ1) is 14.2. The highest BCUT2D eigenvalue weighted by molar-refractivity contribution is 7.99. The number of hydrogen-bond acceptors (Lipinski definition) is 3. The molecule has 0 aliphatic rings. The molecule has 2 rings (SSSR count). The van der Waals surface area contributed by atoms with Gasteiger partial charge in [-0.15, -0.1) is 11.8 Å². The van der Waals surface area contributed by atoms with Crippen molar-refractivity contribution in [3.05, 3.63) is 54.5 Å². The van der Waals surface area contributed by atoms with Gasteiger partial charge in [-0.1, -0.05) is 18.2 Å². The number of furan rings is 1. The molecule has 0 amide bonds. The van der Waals surface area contributed by atoms with Gasteiger partial charge in [0.15, 0.2) is 0 Å². The molecule has 2 aromatic rings. The molecule has 0 aliphatic carbocycles. The van der Waals surface area contributed by atoms with Crippen molar-refractivity contribution in [2.24, 2.45) is 0 Å². The van der Waals surface area contributed by atoms with Gasteiger partial charge >= 0.3 is 0 Å². The summed E-state index contributed by atoms with van der Waals surface area (Å²) in [4.78, 5) is 1.34. The number of benzene rings is 1. The molecule has 1 aromatic heterocycles. The Morgan fingerprint density at radius 1 is 1.16 bits per heavy atom. The second kappa shape index (κ2) is 8.08. The van der Waals surface area contributed by atoms with Gasteiger partial charge in [0, 0.05) is 29.7 Å². The third-order valence-corrected chi connectivity index (χ3v) is 4.02. The summed E-state index contributed by atoms with van der Waals surface area (Å²) in [6, 6.07) is 15.1. The predicted octanol–water partition coefficient (Wildman–Crippen LogP) is 3.98. The van der Waals surface area contributed by atoms with Gasteiger partial charge < -0.3 is 9.73 Å². The van der Waals surface area contributed by atoms with Crippen LogP contribution in [0.15, 0.2) is 58.0 Å². The molecular formula is C16H21NOS. The van der Waals surface area contributed by atoms with E-state index in [0.29, 0.717) is 6.04 Å². The average Bonchev–Trinajstić information content (AvgIpc) is 2.96. The molecule has 1 atom stereocenters. The lowest BCUT2D eigenvalue weighted by Gasteiger charge is -2.12. The fourth-order valence-electron chi connectivity index (χ4n) is 1.91. The lowest BCUT2D eigenvalue weighted by molar-refractivity contribution is 0.466. The molecule has 1 heterocycles. The summed E-state index contributed by atoms with van der Waals surface area (Å²) < 4.78 is 5.34. The summed E-state index contributed by atoms with van der Waals surface area (Å²) in [5.41, 5.74) is 0. The lowest BCUT2D eigenvalue weighted by atomic mass is 10.1. The Balaban J connectivity index is 1.55. The summed E-state index contributed by atoms with van der Waals surface area (Å²) >= 11 is 1.90. The molecule has 0 radical (unpaired) electrons. The molecule has 0 bridgehead atoms. The van der Waals surface area contributed by atoms with Crippen LogP contribution in [0, 0.1) is 0 Å². The van der Waals surface area contributed by atoms with E-state index in [1.165, 1.54) is 4.90 Å². The number of thioether (sulfide) groups is 1. The molecular weight excluding hydrogens is 254 g/mol. The predicted molar refractivity (Wildman–Crippen MR) is 81.7 cm³/mol. The first-order valence-electron chi connectivity index (χ1n) is 6.78. The van der Waals surface area contributed by atoms with Gasteiger partial charge in [-0.05, 0) is 37.6 Å². The third-order valence-electron chi connectivity index (χ3n) is 3.01. The highest BCUT2D eigenvalue weighted by Gasteiger charge is 2.03. The topological polar surface area (TPSA) is 25.2 Å². The van der Waals surface area contributed by atoms with Gasteiger partial charge in [0.05, 0.1) is 6.26 Å².